The van der Waals surface area contributed by atoms with E-state index < -0.39 is 5.97 Å². The van der Waals surface area contributed by atoms with Crippen molar-refractivity contribution in [3.63, 3.8) is 0 Å². The minimum Gasteiger partial charge on any atom is -0.478 e. The molecule has 1 N–H and O–H groups in total. The third kappa shape index (κ3) is 2.09. The molecular formula is C17H20O2. The molecule has 0 amide bonds. The van der Waals surface area contributed by atoms with Crippen LogP contribution in [0.15, 0.2) is 18.2 Å². The molecule has 0 spiro atoms. The average molecular weight is 256 g/mol. The lowest BCUT2D eigenvalue weighted by molar-refractivity contribution is 0.0693. The van der Waals surface area contributed by atoms with Crippen LogP contribution < -0.4 is 0 Å². The first-order valence-electron chi connectivity index (χ1n) is 7.12. The normalized spacial score (nSPS) is 21.7. The predicted molar refractivity (Wildman–Crippen MR) is 75.8 cm³/mol. The van der Waals surface area contributed by atoms with Crippen molar-refractivity contribution < 1.29 is 9.90 Å². The first-order chi connectivity index (χ1) is 9.06. The van der Waals surface area contributed by atoms with Gasteiger partial charge in [0.2, 0.25) is 0 Å². The highest BCUT2D eigenvalue weighted by Crippen LogP contribution is 2.36. The summed E-state index contributed by atoms with van der Waals surface area (Å²) in [6, 6.07) is 2.27. The van der Waals surface area contributed by atoms with Gasteiger partial charge in [0.15, 0.2) is 0 Å². The molecule has 2 aliphatic carbocycles. The number of allylic oxidation sites excluding steroid dienone is 1. The first kappa shape index (κ1) is 12.5. The monoisotopic (exact) mass is 256 g/mol. The average Bonchev–Trinajstić information content (AvgIpc) is 2.35. The number of aryl methyl sites for hydroxylation is 2. The number of fused-ring (bicyclic) bond motifs is 2. The predicted octanol–water partition coefficient (Wildman–Crippen LogP) is 3.55. The van der Waals surface area contributed by atoms with E-state index in [1.807, 2.05) is 0 Å². The number of carboxylic acids is 1. The van der Waals surface area contributed by atoms with Gasteiger partial charge in [0.25, 0.3) is 0 Å². The molecular weight excluding hydrogens is 236 g/mol. The summed E-state index contributed by atoms with van der Waals surface area (Å²) in [6.45, 7) is 6.26. The number of benzene rings is 1. The van der Waals surface area contributed by atoms with Gasteiger partial charge in [-0.3, -0.25) is 0 Å². The summed E-state index contributed by atoms with van der Waals surface area (Å²) >= 11 is 0. The molecule has 2 aliphatic rings. The van der Waals surface area contributed by atoms with Gasteiger partial charge < -0.3 is 5.11 Å². The molecule has 0 aliphatic heterocycles. The number of hydrogen-bond acceptors (Lipinski definition) is 1. The summed E-state index contributed by atoms with van der Waals surface area (Å²) in [7, 11) is 0. The van der Waals surface area contributed by atoms with Crippen LogP contribution in [-0.2, 0) is 25.7 Å². The fraction of sp³-hybridized carbons (Fsp3) is 0.471. The van der Waals surface area contributed by atoms with Gasteiger partial charge in [0, 0.05) is 0 Å². The minimum absolute atomic E-state index is 0.593. The summed E-state index contributed by atoms with van der Waals surface area (Å²) in [5, 5.41) is 9.64. The van der Waals surface area contributed by atoms with Gasteiger partial charge in [-0.25, -0.2) is 4.79 Å². The van der Waals surface area contributed by atoms with E-state index in [2.05, 4.69) is 19.6 Å². The first-order valence-corrected chi connectivity index (χ1v) is 7.12. The highest BCUT2D eigenvalue weighted by atomic mass is 16.4. The highest BCUT2D eigenvalue weighted by molar-refractivity contribution is 5.92. The van der Waals surface area contributed by atoms with E-state index in [1.165, 1.54) is 23.1 Å². The zero-order valence-corrected chi connectivity index (χ0v) is 11.5. The van der Waals surface area contributed by atoms with Crippen LogP contribution in [0.25, 0.3) is 0 Å². The summed E-state index contributed by atoms with van der Waals surface area (Å²) in [5.41, 5.74) is 6.43. The Morgan fingerprint density at radius 1 is 1.26 bits per heavy atom. The zero-order valence-electron chi connectivity index (χ0n) is 11.5. The van der Waals surface area contributed by atoms with Crippen molar-refractivity contribution >= 4 is 5.97 Å². The molecule has 0 saturated carbocycles. The Morgan fingerprint density at radius 2 is 2.00 bits per heavy atom. The van der Waals surface area contributed by atoms with Crippen molar-refractivity contribution in [3.05, 3.63) is 46.0 Å². The van der Waals surface area contributed by atoms with Gasteiger partial charge >= 0.3 is 5.97 Å². The van der Waals surface area contributed by atoms with Gasteiger partial charge in [0.1, 0.15) is 0 Å². The van der Waals surface area contributed by atoms with Crippen molar-refractivity contribution in [2.75, 3.05) is 0 Å². The van der Waals surface area contributed by atoms with Crippen molar-refractivity contribution in [2.45, 2.75) is 45.4 Å². The smallest absolute Gasteiger partial charge is 0.336 e. The topological polar surface area (TPSA) is 37.3 Å². The van der Waals surface area contributed by atoms with Crippen molar-refractivity contribution in [1.82, 2.24) is 0 Å². The summed E-state index contributed by atoms with van der Waals surface area (Å²) < 4.78 is 0. The second-order valence-electron chi connectivity index (χ2n) is 6.11. The highest BCUT2D eigenvalue weighted by Gasteiger charge is 2.27. The molecule has 100 valence electrons. The lowest BCUT2D eigenvalue weighted by Crippen LogP contribution is -2.21. The quantitative estimate of drug-likeness (QED) is 0.780. The van der Waals surface area contributed by atoms with Crippen LogP contribution in [0.3, 0.4) is 0 Å². The lowest BCUT2D eigenvalue weighted by atomic mass is 9.76. The van der Waals surface area contributed by atoms with Crippen LogP contribution in [0.2, 0.25) is 0 Å². The summed E-state index contributed by atoms with van der Waals surface area (Å²) in [5.74, 6) is -0.160. The van der Waals surface area contributed by atoms with E-state index in [1.54, 1.807) is 0 Å². The molecule has 0 fully saturated rings. The van der Waals surface area contributed by atoms with Gasteiger partial charge in [0.05, 0.1) is 5.56 Å². The maximum absolute atomic E-state index is 11.7. The Bertz CT molecular complexity index is 569. The number of aromatic carboxylic acids is 1. The maximum Gasteiger partial charge on any atom is 0.336 e. The van der Waals surface area contributed by atoms with Gasteiger partial charge in [-0.15, -0.1) is 0 Å². The third-order valence-corrected chi connectivity index (χ3v) is 4.57. The molecule has 2 heteroatoms. The molecule has 1 unspecified atom stereocenters. The van der Waals surface area contributed by atoms with Crippen LogP contribution in [0.1, 0.15) is 52.4 Å². The van der Waals surface area contributed by atoms with E-state index in [-0.39, 0.29) is 0 Å². The number of carboxylic acid groups (broad SMARTS) is 1. The Labute approximate surface area is 114 Å². The fourth-order valence-electron chi connectivity index (χ4n) is 3.53. The Kier molecular flexibility index (Phi) is 2.96. The molecule has 0 heterocycles. The minimum atomic E-state index is -0.753. The Balaban J connectivity index is 2.21. The Hall–Kier alpha value is -1.57. The summed E-state index contributed by atoms with van der Waals surface area (Å²) in [4.78, 5) is 11.7. The van der Waals surface area contributed by atoms with Crippen LogP contribution in [0, 0.1) is 5.92 Å². The molecule has 0 aromatic heterocycles. The van der Waals surface area contributed by atoms with Crippen molar-refractivity contribution in [3.8, 4) is 0 Å². The van der Waals surface area contributed by atoms with Gasteiger partial charge in [-0.05, 0) is 66.7 Å². The van der Waals surface area contributed by atoms with Gasteiger partial charge in [-0.1, -0.05) is 25.1 Å². The largest absolute Gasteiger partial charge is 0.478 e. The molecule has 1 aromatic carbocycles. The molecule has 3 rings (SSSR count). The third-order valence-electron chi connectivity index (χ3n) is 4.57. The Morgan fingerprint density at radius 3 is 2.74 bits per heavy atom. The van der Waals surface area contributed by atoms with E-state index in [0.717, 1.165) is 43.2 Å². The van der Waals surface area contributed by atoms with Crippen LogP contribution in [-0.4, -0.2) is 11.1 Å². The molecule has 0 saturated heterocycles. The number of carbonyl (C=O) groups is 1. The SMILES string of the molecule is C=C1CCc2cc3c(c(C(=O)O)c2C1)CC(C)CC3. The van der Waals surface area contributed by atoms with Crippen LogP contribution in [0.5, 0.6) is 0 Å². The van der Waals surface area contributed by atoms with Crippen molar-refractivity contribution in [2.24, 2.45) is 5.92 Å². The molecule has 1 atom stereocenters. The number of hydrogen-bond donors (Lipinski definition) is 1. The van der Waals surface area contributed by atoms with Crippen LogP contribution >= 0.6 is 0 Å². The van der Waals surface area contributed by atoms with Crippen LogP contribution in [0.4, 0.5) is 0 Å². The second kappa shape index (κ2) is 4.52. The maximum atomic E-state index is 11.7. The van der Waals surface area contributed by atoms with Gasteiger partial charge in [-0.2, -0.15) is 0 Å². The summed E-state index contributed by atoms with van der Waals surface area (Å²) in [6.07, 6.45) is 5.83. The van der Waals surface area contributed by atoms with Crippen molar-refractivity contribution in [1.29, 1.82) is 0 Å². The molecule has 1 aromatic rings. The molecule has 19 heavy (non-hydrogen) atoms. The molecule has 0 radical (unpaired) electrons. The van der Waals surface area contributed by atoms with E-state index in [9.17, 15) is 9.90 Å². The zero-order chi connectivity index (χ0) is 13.6. The fourth-order valence-corrected chi connectivity index (χ4v) is 3.53. The molecule has 0 bridgehead atoms. The second-order valence-corrected chi connectivity index (χ2v) is 6.11. The standard InChI is InChI=1S/C17H20O2/c1-10-3-5-12-9-13-6-4-11(2)8-15(13)16(17(18)19)14(12)7-10/h9,11H,1,3-8H2,2H3,(H,18,19). The van der Waals surface area contributed by atoms with E-state index >= 15 is 0 Å². The van der Waals surface area contributed by atoms with E-state index in [4.69, 9.17) is 0 Å². The van der Waals surface area contributed by atoms with E-state index in [0.29, 0.717) is 11.5 Å². The number of rotatable bonds is 1. The molecule has 2 nitrogen and oxygen atoms in total. The lowest BCUT2D eigenvalue weighted by Gasteiger charge is -2.28.